The van der Waals surface area contributed by atoms with Gasteiger partial charge >= 0.3 is 0 Å². The Kier molecular flexibility index (Phi) is 4.38. The number of benzene rings is 1. The van der Waals surface area contributed by atoms with Gasteiger partial charge < -0.3 is 0 Å². The second kappa shape index (κ2) is 5.63. The van der Waals surface area contributed by atoms with Crippen LogP contribution in [-0.2, 0) is 9.05 Å². The minimum atomic E-state index is -3.96. The molecule has 0 saturated heterocycles. The van der Waals surface area contributed by atoms with E-state index in [0.717, 1.165) is 16.8 Å². The second-order valence-electron chi connectivity index (χ2n) is 5.30. The van der Waals surface area contributed by atoms with E-state index in [1.165, 1.54) is 4.68 Å². The summed E-state index contributed by atoms with van der Waals surface area (Å²) in [6.07, 6.45) is 0. The van der Waals surface area contributed by atoms with Gasteiger partial charge in [0.2, 0.25) is 0 Å². The van der Waals surface area contributed by atoms with Gasteiger partial charge in [-0.15, -0.1) is 0 Å². The molecule has 0 bridgehead atoms. The fraction of sp³-hybridized carbons (Fsp3) is 0.357. The summed E-state index contributed by atoms with van der Waals surface area (Å²) in [6, 6.07) is 5.76. The molecule has 0 fully saturated rings. The summed E-state index contributed by atoms with van der Waals surface area (Å²) in [5.41, 5.74) is 3.16. The number of aryl methyl sites for hydroxylation is 2. The van der Waals surface area contributed by atoms with E-state index >= 15 is 0 Å². The van der Waals surface area contributed by atoms with Crippen LogP contribution in [0.1, 0.15) is 36.6 Å². The molecule has 7 heteroatoms. The van der Waals surface area contributed by atoms with Crippen molar-refractivity contribution in [2.75, 3.05) is 0 Å². The van der Waals surface area contributed by atoms with E-state index < -0.39 is 9.05 Å². The number of halogens is 2. The molecule has 0 saturated carbocycles. The van der Waals surface area contributed by atoms with E-state index in [9.17, 15) is 8.42 Å². The van der Waals surface area contributed by atoms with Crippen LogP contribution in [-0.4, -0.2) is 18.2 Å². The molecular weight excluding hydrogens is 331 g/mol. The van der Waals surface area contributed by atoms with Gasteiger partial charge in [0.1, 0.15) is 4.90 Å². The molecule has 2 rings (SSSR count). The highest BCUT2D eigenvalue weighted by Crippen LogP contribution is 2.34. The summed E-state index contributed by atoms with van der Waals surface area (Å²) in [4.78, 5) is -0.110. The van der Waals surface area contributed by atoms with Gasteiger partial charge in [0.05, 0.1) is 11.4 Å². The molecule has 0 radical (unpaired) electrons. The predicted molar refractivity (Wildman–Crippen MR) is 85.2 cm³/mol. The smallest absolute Gasteiger partial charge is 0.220 e. The van der Waals surface area contributed by atoms with E-state index in [4.69, 9.17) is 22.3 Å². The minimum Gasteiger partial charge on any atom is -0.220 e. The average Bonchev–Trinajstić information content (AvgIpc) is 2.67. The Hall–Kier alpha value is -1.04. The van der Waals surface area contributed by atoms with Crippen molar-refractivity contribution in [2.45, 2.75) is 38.5 Å². The first-order valence-electron chi connectivity index (χ1n) is 6.43. The van der Waals surface area contributed by atoms with Crippen molar-refractivity contribution >= 4 is 31.3 Å². The summed E-state index contributed by atoms with van der Waals surface area (Å²) in [5, 5.41) is 4.37. The Bertz CT molecular complexity index is 796. The van der Waals surface area contributed by atoms with Gasteiger partial charge in [-0.1, -0.05) is 43.1 Å². The Morgan fingerprint density at radius 3 is 2.29 bits per heavy atom. The Labute approximate surface area is 134 Å². The normalized spacial score (nSPS) is 12.1. The maximum absolute atomic E-state index is 11.8. The van der Waals surface area contributed by atoms with Crippen LogP contribution in [0.4, 0.5) is 0 Å². The van der Waals surface area contributed by atoms with Gasteiger partial charge in [-0.2, -0.15) is 5.10 Å². The van der Waals surface area contributed by atoms with Gasteiger partial charge in [-0.05, 0) is 31.4 Å². The molecule has 1 aromatic heterocycles. The van der Waals surface area contributed by atoms with Gasteiger partial charge in [0.15, 0.2) is 5.15 Å². The third kappa shape index (κ3) is 3.10. The number of rotatable bonds is 3. The minimum absolute atomic E-state index is 0.0145. The van der Waals surface area contributed by atoms with E-state index in [1.54, 1.807) is 0 Å². The fourth-order valence-corrected chi connectivity index (χ4v) is 4.12. The number of hydrogen-bond acceptors (Lipinski definition) is 3. The Morgan fingerprint density at radius 2 is 1.86 bits per heavy atom. The first-order valence-corrected chi connectivity index (χ1v) is 9.12. The summed E-state index contributed by atoms with van der Waals surface area (Å²) in [7, 11) is 1.55. The molecule has 0 unspecified atom stereocenters. The second-order valence-corrected chi connectivity index (χ2v) is 8.16. The number of aromatic nitrogens is 2. The molecule has 1 heterocycles. The van der Waals surface area contributed by atoms with E-state index in [-0.39, 0.29) is 16.0 Å². The monoisotopic (exact) mass is 346 g/mol. The summed E-state index contributed by atoms with van der Waals surface area (Å²) in [5.74, 6) is -0.113. The van der Waals surface area contributed by atoms with Crippen LogP contribution < -0.4 is 0 Å². The van der Waals surface area contributed by atoms with Crippen LogP contribution in [0.25, 0.3) is 5.69 Å². The third-order valence-electron chi connectivity index (χ3n) is 3.18. The van der Waals surface area contributed by atoms with Crippen molar-refractivity contribution in [3.63, 3.8) is 0 Å². The van der Waals surface area contributed by atoms with Crippen LogP contribution in [0.15, 0.2) is 23.1 Å². The average molecular weight is 347 g/mol. The molecule has 0 N–H and O–H groups in total. The highest BCUT2D eigenvalue weighted by atomic mass is 35.7. The van der Waals surface area contributed by atoms with E-state index in [1.807, 2.05) is 45.9 Å². The molecule has 21 heavy (non-hydrogen) atoms. The van der Waals surface area contributed by atoms with E-state index in [2.05, 4.69) is 5.10 Å². The van der Waals surface area contributed by atoms with Gasteiger partial charge in [0.25, 0.3) is 9.05 Å². The predicted octanol–water partition coefficient (Wildman–Crippen LogP) is 4.19. The molecule has 0 aliphatic rings. The lowest BCUT2D eigenvalue weighted by Crippen LogP contribution is -2.01. The van der Waals surface area contributed by atoms with Crippen LogP contribution in [0.2, 0.25) is 5.15 Å². The highest BCUT2D eigenvalue weighted by molar-refractivity contribution is 8.13. The summed E-state index contributed by atoms with van der Waals surface area (Å²) < 4.78 is 25.0. The molecule has 0 aliphatic carbocycles. The van der Waals surface area contributed by atoms with Gasteiger partial charge in [0, 0.05) is 10.7 Å². The molecule has 114 valence electrons. The lowest BCUT2D eigenvalue weighted by molar-refractivity contribution is 0.607. The van der Waals surface area contributed by atoms with Crippen molar-refractivity contribution in [1.82, 2.24) is 9.78 Å². The number of hydrogen-bond donors (Lipinski definition) is 0. The van der Waals surface area contributed by atoms with Crippen molar-refractivity contribution in [2.24, 2.45) is 0 Å². The molecule has 4 nitrogen and oxygen atoms in total. The summed E-state index contributed by atoms with van der Waals surface area (Å²) in [6.45, 7) is 7.59. The van der Waals surface area contributed by atoms with Crippen LogP contribution in [0.5, 0.6) is 0 Å². The zero-order chi connectivity index (χ0) is 15.9. The topological polar surface area (TPSA) is 52.0 Å². The van der Waals surface area contributed by atoms with Gasteiger partial charge in [-0.3, -0.25) is 0 Å². The Morgan fingerprint density at radius 1 is 1.24 bits per heavy atom. The third-order valence-corrected chi connectivity index (χ3v) is 5.00. The van der Waals surface area contributed by atoms with Crippen LogP contribution >= 0.6 is 22.3 Å². The molecule has 1 aromatic carbocycles. The van der Waals surface area contributed by atoms with E-state index in [0.29, 0.717) is 5.69 Å². The lowest BCUT2D eigenvalue weighted by Gasteiger charge is -2.08. The van der Waals surface area contributed by atoms with Crippen LogP contribution in [0.3, 0.4) is 0 Å². The summed E-state index contributed by atoms with van der Waals surface area (Å²) >= 11 is 6.24. The zero-order valence-electron chi connectivity index (χ0n) is 12.2. The zero-order valence-corrected chi connectivity index (χ0v) is 14.5. The maximum atomic E-state index is 11.8. The van der Waals surface area contributed by atoms with Crippen molar-refractivity contribution in [3.8, 4) is 5.69 Å². The first-order chi connectivity index (χ1) is 9.62. The van der Waals surface area contributed by atoms with Crippen LogP contribution in [0, 0.1) is 13.8 Å². The SMILES string of the molecule is Cc1ccc(-n2nc(C(C)C)c(S(=O)(=O)Cl)c2Cl)c(C)c1. The van der Waals surface area contributed by atoms with Gasteiger partial charge in [-0.25, -0.2) is 13.1 Å². The molecule has 0 amide bonds. The van der Waals surface area contributed by atoms with Crippen molar-refractivity contribution in [3.05, 3.63) is 40.2 Å². The quantitative estimate of drug-likeness (QED) is 0.782. The maximum Gasteiger partial charge on any atom is 0.266 e. The molecular formula is C14H16Cl2N2O2S. The Balaban J connectivity index is 2.78. The largest absolute Gasteiger partial charge is 0.266 e. The molecule has 0 atom stereocenters. The molecule has 2 aromatic rings. The standard InChI is InChI=1S/C14H16Cl2N2O2S/c1-8(2)12-13(21(16,19)20)14(15)18(17-12)11-6-5-9(3)7-10(11)4/h5-8H,1-4H3. The van der Waals surface area contributed by atoms with Crippen molar-refractivity contribution < 1.29 is 8.42 Å². The van der Waals surface area contributed by atoms with Crippen molar-refractivity contribution in [1.29, 1.82) is 0 Å². The first kappa shape index (κ1) is 16.3. The fourth-order valence-electron chi connectivity index (χ4n) is 2.20. The lowest BCUT2D eigenvalue weighted by atomic mass is 10.1. The molecule has 0 spiro atoms. The highest BCUT2D eigenvalue weighted by Gasteiger charge is 2.28. The molecule has 0 aliphatic heterocycles. The number of nitrogens with zero attached hydrogens (tertiary/aromatic N) is 2.